The molecule has 0 aliphatic rings. The highest BCUT2D eigenvalue weighted by Gasteiger charge is 2.24. The Labute approximate surface area is 189 Å². The number of furan rings is 1. The third-order valence-corrected chi connectivity index (χ3v) is 6.39. The SMILES string of the molecule is Cc1ccc2c(oc3c(-c4cccc5ccccc45)c(F)ccc32)c1-c1cc(F)cc[n+]1C. The van der Waals surface area contributed by atoms with E-state index in [1.807, 2.05) is 73.1 Å². The van der Waals surface area contributed by atoms with Crippen molar-refractivity contribution in [3.8, 4) is 22.4 Å². The third-order valence-electron chi connectivity index (χ3n) is 6.39. The number of rotatable bonds is 2. The van der Waals surface area contributed by atoms with Gasteiger partial charge in [0.2, 0.25) is 5.69 Å². The van der Waals surface area contributed by atoms with Crippen molar-refractivity contribution in [2.45, 2.75) is 6.92 Å². The molecule has 4 aromatic carbocycles. The van der Waals surface area contributed by atoms with Crippen LogP contribution in [0.3, 0.4) is 0 Å². The van der Waals surface area contributed by atoms with Crippen molar-refractivity contribution in [1.82, 2.24) is 0 Å². The van der Waals surface area contributed by atoms with Gasteiger partial charge < -0.3 is 4.42 Å². The normalized spacial score (nSPS) is 11.6. The van der Waals surface area contributed by atoms with Gasteiger partial charge in [0.15, 0.2) is 6.20 Å². The average molecular weight is 436 g/mol. The monoisotopic (exact) mass is 436 g/mol. The molecule has 0 spiro atoms. The minimum absolute atomic E-state index is 0.321. The van der Waals surface area contributed by atoms with Gasteiger partial charge in [0.25, 0.3) is 0 Å². The number of halogens is 2. The molecule has 0 unspecified atom stereocenters. The Bertz CT molecular complexity index is 1710. The van der Waals surface area contributed by atoms with Crippen molar-refractivity contribution >= 4 is 32.7 Å². The average Bonchev–Trinajstić information content (AvgIpc) is 3.19. The first-order valence-electron chi connectivity index (χ1n) is 10.8. The van der Waals surface area contributed by atoms with Crippen LogP contribution in [0.2, 0.25) is 0 Å². The summed E-state index contributed by atoms with van der Waals surface area (Å²) in [5.41, 5.74) is 4.79. The number of aromatic nitrogens is 1. The molecule has 0 atom stereocenters. The van der Waals surface area contributed by atoms with Gasteiger partial charge in [-0.25, -0.2) is 13.3 Å². The van der Waals surface area contributed by atoms with Crippen LogP contribution >= 0.6 is 0 Å². The maximum atomic E-state index is 15.4. The number of hydrogen-bond acceptors (Lipinski definition) is 1. The van der Waals surface area contributed by atoms with Crippen LogP contribution < -0.4 is 4.57 Å². The fourth-order valence-corrected chi connectivity index (χ4v) is 4.78. The Balaban J connectivity index is 1.75. The molecule has 0 bridgehead atoms. The van der Waals surface area contributed by atoms with Gasteiger partial charge in [0.05, 0.1) is 11.1 Å². The summed E-state index contributed by atoms with van der Waals surface area (Å²) in [5.74, 6) is -0.661. The fraction of sp³-hybridized carbons (Fsp3) is 0.0690. The van der Waals surface area contributed by atoms with Gasteiger partial charge in [0, 0.05) is 22.9 Å². The molecular formula is C29H20F2NO+. The van der Waals surface area contributed by atoms with Crippen molar-refractivity contribution < 1.29 is 17.8 Å². The molecule has 0 saturated heterocycles. The summed E-state index contributed by atoms with van der Waals surface area (Å²) in [7, 11) is 1.87. The standard InChI is InChI=1S/C29H20F2NO/c1-17-10-11-22-23-12-13-24(31)27(21-9-5-7-18-6-3-4-8-20(18)21)29(23)33-28(22)26(17)25-16-19(30)14-15-32(25)2/h3-16H,1-2H3/q+1. The minimum atomic E-state index is -0.340. The highest BCUT2D eigenvalue weighted by molar-refractivity contribution is 6.15. The molecule has 33 heavy (non-hydrogen) atoms. The first-order valence-corrected chi connectivity index (χ1v) is 10.8. The lowest BCUT2D eigenvalue weighted by Gasteiger charge is -2.08. The second kappa shape index (κ2) is 7.24. The van der Waals surface area contributed by atoms with Gasteiger partial charge in [0.1, 0.15) is 29.8 Å². The lowest BCUT2D eigenvalue weighted by atomic mass is 9.95. The van der Waals surface area contributed by atoms with Crippen LogP contribution in [0.15, 0.2) is 89.5 Å². The highest BCUT2D eigenvalue weighted by Crippen LogP contribution is 2.43. The van der Waals surface area contributed by atoms with Crippen LogP contribution in [0, 0.1) is 18.6 Å². The summed E-state index contributed by atoms with van der Waals surface area (Å²) in [6.45, 7) is 1.97. The summed E-state index contributed by atoms with van der Waals surface area (Å²) >= 11 is 0. The van der Waals surface area contributed by atoms with Gasteiger partial charge >= 0.3 is 0 Å². The lowest BCUT2D eigenvalue weighted by Crippen LogP contribution is -2.30. The van der Waals surface area contributed by atoms with E-state index in [0.29, 0.717) is 22.4 Å². The summed E-state index contributed by atoms with van der Waals surface area (Å²) in [4.78, 5) is 0. The van der Waals surface area contributed by atoms with Crippen LogP contribution in [0.1, 0.15) is 5.56 Å². The molecule has 0 fully saturated rings. The number of benzene rings is 4. The van der Waals surface area contributed by atoms with Gasteiger partial charge in [-0.1, -0.05) is 54.6 Å². The third kappa shape index (κ3) is 2.94. The molecule has 2 nitrogen and oxygen atoms in total. The van der Waals surface area contributed by atoms with Crippen LogP contribution in [0.25, 0.3) is 55.1 Å². The summed E-state index contributed by atoms with van der Waals surface area (Å²) in [6.07, 6.45) is 1.69. The second-order valence-corrected chi connectivity index (χ2v) is 8.40. The van der Waals surface area contributed by atoms with Crippen molar-refractivity contribution in [2.75, 3.05) is 0 Å². The molecule has 6 rings (SSSR count). The summed E-state index contributed by atoms with van der Waals surface area (Å²) in [6, 6.07) is 24.0. The van der Waals surface area contributed by atoms with E-state index >= 15 is 4.39 Å². The zero-order valence-electron chi connectivity index (χ0n) is 18.2. The molecule has 6 aromatic rings. The Morgan fingerprint density at radius 3 is 2.30 bits per heavy atom. The molecule has 0 aliphatic carbocycles. The van der Waals surface area contributed by atoms with E-state index in [1.54, 1.807) is 12.3 Å². The van der Waals surface area contributed by atoms with E-state index in [9.17, 15) is 4.39 Å². The molecular weight excluding hydrogens is 416 g/mol. The van der Waals surface area contributed by atoms with Crippen molar-refractivity contribution in [3.05, 3.63) is 102 Å². The smallest absolute Gasteiger partial charge is 0.219 e. The van der Waals surface area contributed by atoms with Gasteiger partial charge in [-0.3, -0.25) is 0 Å². The van der Waals surface area contributed by atoms with Crippen LogP contribution in [-0.4, -0.2) is 0 Å². The predicted molar refractivity (Wildman–Crippen MR) is 128 cm³/mol. The Morgan fingerprint density at radius 2 is 1.45 bits per heavy atom. The summed E-state index contributed by atoms with van der Waals surface area (Å²) < 4.78 is 37.8. The number of aryl methyl sites for hydroxylation is 2. The lowest BCUT2D eigenvalue weighted by molar-refractivity contribution is -0.660. The topological polar surface area (TPSA) is 17.0 Å². The maximum absolute atomic E-state index is 15.4. The number of hydrogen-bond donors (Lipinski definition) is 0. The first-order chi connectivity index (χ1) is 16.0. The molecule has 0 radical (unpaired) electrons. The van der Waals surface area contributed by atoms with Crippen LogP contribution in [-0.2, 0) is 7.05 Å². The zero-order chi connectivity index (χ0) is 22.7. The Kier molecular flexibility index (Phi) is 4.31. The first kappa shape index (κ1) is 19.6. The highest BCUT2D eigenvalue weighted by atomic mass is 19.1. The molecule has 2 aromatic heterocycles. The molecule has 2 heterocycles. The maximum Gasteiger partial charge on any atom is 0.219 e. The molecule has 4 heteroatoms. The molecule has 0 N–H and O–H groups in total. The predicted octanol–water partition coefficient (Wildman–Crippen LogP) is 7.48. The van der Waals surface area contributed by atoms with E-state index in [1.165, 1.54) is 18.2 Å². The van der Waals surface area contributed by atoms with E-state index in [2.05, 4.69) is 0 Å². The molecule has 0 aliphatic heterocycles. The molecule has 0 saturated carbocycles. The zero-order valence-corrected chi connectivity index (χ0v) is 18.2. The van der Waals surface area contributed by atoms with E-state index in [4.69, 9.17) is 4.42 Å². The van der Waals surface area contributed by atoms with Crippen molar-refractivity contribution in [3.63, 3.8) is 0 Å². The number of nitrogens with zero attached hydrogens (tertiary/aromatic N) is 1. The minimum Gasteiger partial charge on any atom is -0.454 e. The molecule has 0 amide bonds. The summed E-state index contributed by atoms with van der Waals surface area (Å²) in [5, 5.41) is 3.69. The molecule has 160 valence electrons. The largest absolute Gasteiger partial charge is 0.454 e. The number of fused-ring (bicyclic) bond motifs is 4. The van der Waals surface area contributed by atoms with Crippen molar-refractivity contribution in [2.24, 2.45) is 7.05 Å². The quantitative estimate of drug-likeness (QED) is 0.257. The van der Waals surface area contributed by atoms with Gasteiger partial charge in [-0.05, 0) is 41.0 Å². The Hall–Kier alpha value is -4.05. The van der Waals surface area contributed by atoms with Gasteiger partial charge in [-0.15, -0.1) is 0 Å². The van der Waals surface area contributed by atoms with Gasteiger partial charge in [-0.2, -0.15) is 0 Å². The number of pyridine rings is 1. The van der Waals surface area contributed by atoms with E-state index < -0.39 is 0 Å². The second-order valence-electron chi connectivity index (χ2n) is 8.40. The van der Waals surface area contributed by atoms with E-state index in [-0.39, 0.29) is 11.6 Å². The van der Waals surface area contributed by atoms with E-state index in [0.717, 1.165) is 38.2 Å². The van der Waals surface area contributed by atoms with Crippen LogP contribution in [0.5, 0.6) is 0 Å². The fourth-order valence-electron chi connectivity index (χ4n) is 4.78. The Morgan fingerprint density at radius 1 is 0.727 bits per heavy atom. The van der Waals surface area contributed by atoms with Crippen LogP contribution in [0.4, 0.5) is 8.78 Å². The van der Waals surface area contributed by atoms with Crippen molar-refractivity contribution in [1.29, 1.82) is 0 Å².